The average molecular weight is 334 g/mol. The molecular weight excluding hydrogens is 316 g/mol. The van der Waals surface area contributed by atoms with Crippen molar-refractivity contribution in [2.75, 3.05) is 6.54 Å². The number of hydrogen-bond acceptors (Lipinski definition) is 6. The first kappa shape index (κ1) is 15.6. The molecule has 4 rings (SSSR count). The maximum Gasteiger partial charge on any atom is 0.254 e. The zero-order chi connectivity index (χ0) is 17.2. The zero-order valence-corrected chi connectivity index (χ0v) is 13.9. The van der Waals surface area contributed by atoms with Crippen LogP contribution < -0.4 is 5.56 Å². The molecule has 0 aromatic carbocycles. The van der Waals surface area contributed by atoms with E-state index in [0.717, 1.165) is 35.7 Å². The Labute approximate surface area is 144 Å². The highest BCUT2D eigenvalue weighted by Gasteiger charge is 2.21. The number of nitrogens with zero attached hydrogens (tertiary/aromatic N) is 5. The van der Waals surface area contributed by atoms with Crippen molar-refractivity contribution in [1.82, 2.24) is 29.8 Å². The van der Waals surface area contributed by atoms with E-state index in [1.54, 1.807) is 12.4 Å². The van der Waals surface area contributed by atoms with Crippen LogP contribution in [0.1, 0.15) is 22.6 Å². The van der Waals surface area contributed by atoms with E-state index in [2.05, 4.69) is 29.8 Å². The number of aromatic nitrogens is 5. The first-order chi connectivity index (χ1) is 12.2. The molecule has 1 N–H and O–H groups in total. The van der Waals surface area contributed by atoms with Crippen LogP contribution in [-0.2, 0) is 19.5 Å². The molecule has 7 heteroatoms. The fraction of sp³-hybridized carbons (Fsp3) is 0.278. The maximum atomic E-state index is 12.4. The first-order valence-corrected chi connectivity index (χ1v) is 8.21. The van der Waals surface area contributed by atoms with Crippen LogP contribution in [0.3, 0.4) is 0 Å². The fourth-order valence-electron chi connectivity index (χ4n) is 3.10. The maximum absolute atomic E-state index is 12.4. The summed E-state index contributed by atoms with van der Waals surface area (Å²) in [5.41, 5.74) is 4.27. The van der Waals surface area contributed by atoms with E-state index < -0.39 is 0 Å². The molecule has 7 nitrogen and oxygen atoms in total. The van der Waals surface area contributed by atoms with Crippen molar-refractivity contribution >= 4 is 0 Å². The van der Waals surface area contributed by atoms with E-state index >= 15 is 0 Å². The minimum Gasteiger partial charge on any atom is -0.306 e. The Morgan fingerprint density at radius 1 is 1.20 bits per heavy atom. The molecule has 0 bridgehead atoms. The van der Waals surface area contributed by atoms with Crippen LogP contribution in [-0.4, -0.2) is 36.4 Å². The molecule has 0 unspecified atom stereocenters. The number of rotatable bonds is 3. The smallest absolute Gasteiger partial charge is 0.254 e. The Morgan fingerprint density at radius 2 is 2.04 bits per heavy atom. The second kappa shape index (κ2) is 6.52. The first-order valence-electron chi connectivity index (χ1n) is 8.21. The molecule has 126 valence electrons. The van der Waals surface area contributed by atoms with Crippen LogP contribution in [0.15, 0.2) is 41.7 Å². The van der Waals surface area contributed by atoms with Crippen molar-refractivity contribution in [3.8, 4) is 11.4 Å². The highest BCUT2D eigenvalue weighted by Crippen LogP contribution is 2.19. The van der Waals surface area contributed by atoms with Crippen LogP contribution in [0.2, 0.25) is 0 Å². The van der Waals surface area contributed by atoms with Crippen molar-refractivity contribution in [2.45, 2.75) is 26.4 Å². The quantitative estimate of drug-likeness (QED) is 0.781. The Bertz CT molecular complexity index is 953. The van der Waals surface area contributed by atoms with Gasteiger partial charge in [0.1, 0.15) is 12.2 Å². The van der Waals surface area contributed by atoms with Crippen molar-refractivity contribution in [1.29, 1.82) is 0 Å². The summed E-state index contributed by atoms with van der Waals surface area (Å²) in [5.74, 6) is 0.514. The van der Waals surface area contributed by atoms with E-state index in [0.29, 0.717) is 24.4 Å². The van der Waals surface area contributed by atoms with Gasteiger partial charge in [0.2, 0.25) is 0 Å². The third kappa shape index (κ3) is 3.32. The molecule has 0 fully saturated rings. The Morgan fingerprint density at radius 3 is 2.84 bits per heavy atom. The molecule has 3 aromatic rings. The summed E-state index contributed by atoms with van der Waals surface area (Å²) >= 11 is 0. The number of nitrogens with one attached hydrogen (secondary N) is 1. The van der Waals surface area contributed by atoms with E-state index in [1.165, 1.54) is 6.33 Å². The predicted molar refractivity (Wildman–Crippen MR) is 92.7 cm³/mol. The summed E-state index contributed by atoms with van der Waals surface area (Å²) in [6, 6.07) is 6.04. The lowest BCUT2D eigenvalue weighted by atomic mass is 10.1. The van der Waals surface area contributed by atoms with Crippen LogP contribution >= 0.6 is 0 Å². The van der Waals surface area contributed by atoms with Gasteiger partial charge in [-0.05, 0) is 25.5 Å². The molecule has 0 atom stereocenters. The standard InChI is InChI=1S/C18H18N6O/c1-12-3-2-4-14(21-12)9-24-6-5-15-16(10-24)22-17(23-18(15)25)13-7-19-11-20-8-13/h2-4,7-8,11H,5-6,9-10H2,1H3,(H,22,23,25). The Kier molecular flexibility index (Phi) is 4.07. The molecule has 1 aliphatic rings. The number of hydrogen-bond donors (Lipinski definition) is 1. The molecule has 3 aromatic heterocycles. The van der Waals surface area contributed by atoms with Gasteiger partial charge < -0.3 is 4.98 Å². The summed E-state index contributed by atoms with van der Waals surface area (Å²) in [6.45, 7) is 4.19. The lowest BCUT2D eigenvalue weighted by Crippen LogP contribution is -2.35. The normalized spacial score (nSPS) is 14.3. The lowest BCUT2D eigenvalue weighted by molar-refractivity contribution is 0.237. The molecule has 0 saturated carbocycles. The second-order valence-electron chi connectivity index (χ2n) is 6.20. The topological polar surface area (TPSA) is 87.7 Å². The van der Waals surface area contributed by atoms with E-state index in [1.807, 2.05) is 25.1 Å². The summed E-state index contributed by atoms with van der Waals surface area (Å²) in [5, 5.41) is 0. The molecule has 0 saturated heterocycles. The summed E-state index contributed by atoms with van der Waals surface area (Å²) in [6.07, 6.45) is 5.44. The SMILES string of the molecule is Cc1cccc(CN2CCc3c(nc(-c4cncnc4)[nH]c3=O)C2)n1. The van der Waals surface area contributed by atoms with Gasteiger partial charge in [-0.1, -0.05) is 6.07 Å². The molecule has 0 radical (unpaired) electrons. The number of pyridine rings is 1. The fourth-order valence-corrected chi connectivity index (χ4v) is 3.10. The number of aryl methyl sites for hydroxylation is 1. The van der Waals surface area contributed by atoms with Gasteiger partial charge in [0.15, 0.2) is 0 Å². The van der Waals surface area contributed by atoms with Crippen molar-refractivity contribution in [3.63, 3.8) is 0 Å². The zero-order valence-electron chi connectivity index (χ0n) is 13.9. The highest BCUT2D eigenvalue weighted by molar-refractivity contribution is 5.52. The number of fused-ring (bicyclic) bond motifs is 1. The third-order valence-corrected chi connectivity index (χ3v) is 4.32. The van der Waals surface area contributed by atoms with Crippen LogP contribution in [0.5, 0.6) is 0 Å². The lowest BCUT2D eigenvalue weighted by Gasteiger charge is -2.27. The van der Waals surface area contributed by atoms with Crippen LogP contribution in [0.4, 0.5) is 0 Å². The summed E-state index contributed by atoms with van der Waals surface area (Å²) in [7, 11) is 0. The molecule has 0 spiro atoms. The third-order valence-electron chi connectivity index (χ3n) is 4.32. The monoisotopic (exact) mass is 334 g/mol. The molecule has 25 heavy (non-hydrogen) atoms. The predicted octanol–water partition coefficient (Wildman–Crippen LogP) is 1.49. The highest BCUT2D eigenvalue weighted by atomic mass is 16.1. The van der Waals surface area contributed by atoms with Gasteiger partial charge in [-0.2, -0.15) is 0 Å². The van der Waals surface area contributed by atoms with Crippen LogP contribution in [0, 0.1) is 6.92 Å². The van der Waals surface area contributed by atoms with Gasteiger partial charge in [-0.15, -0.1) is 0 Å². The van der Waals surface area contributed by atoms with E-state index in [4.69, 9.17) is 0 Å². The summed E-state index contributed by atoms with van der Waals surface area (Å²) in [4.78, 5) is 34.7. The van der Waals surface area contributed by atoms with Crippen molar-refractivity contribution in [2.24, 2.45) is 0 Å². The molecule has 0 amide bonds. The van der Waals surface area contributed by atoms with Crippen molar-refractivity contribution in [3.05, 3.63) is 69.9 Å². The van der Waals surface area contributed by atoms with E-state index in [9.17, 15) is 4.79 Å². The largest absolute Gasteiger partial charge is 0.306 e. The number of H-pyrrole nitrogens is 1. The van der Waals surface area contributed by atoms with E-state index in [-0.39, 0.29) is 5.56 Å². The van der Waals surface area contributed by atoms with Gasteiger partial charge in [0, 0.05) is 43.3 Å². The van der Waals surface area contributed by atoms with Gasteiger partial charge in [0.25, 0.3) is 5.56 Å². The molecule has 0 aliphatic carbocycles. The summed E-state index contributed by atoms with van der Waals surface area (Å²) < 4.78 is 0. The van der Waals surface area contributed by atoms with Crippen molar-refractivity contribution < 1.29 is 0 Å². The number of aromatic amines is 1. The van der Waals surface area contributed by atoms with Gasteiger partial charge >= 0.3 is 0 Å². The Balaban J connectivity index is 1.61. The second-order valence-corrected chi connectivity index (χ2v) is 6.20. The minimum absolute atomic E-state index is 0.0721. The molecular formula is C18H18N6O. The molecule has 4 heterocycles. The minimum atomic E-state index is -0.0721. The molecule has 1 aliphatic heterocycles. The van der Waals surface area contributed by atoms with Gasteiger partial charge in [-0.3, -0.25) is 14.7 Å². The average Bonchev–Trinajstić information content (AvgIpc) is 2.62. The Hall–Kier alpha value is -2.93. The van der Waals surface area contributed by atoms with Gasteiger partial charge in [-0.25, -0.2) is 15.0 Å². The van der Waals surface area contributed by atoms with Gasteiger partial charge in [0.05, 0.1) is 17.0 Å². The van der Waals surface area contributed by atoms with Crippen LogP contribution in [0.25, 0.3) is 11.4 Å².